The molecule has 0 saturated carbocycles. The Labute approximate surface area is 145 Å². The monoisotopic (exact) mass is 345 g/mol. The molecule has 2 amide bonds. The largest absolute Gasteiger partial charge is 0.378 e. The van der Waals surface area contributed by atoms with Crippen molar-refractivity contribution in [2.75, 3.05) is 36.5 Å². The summed E-state index contributed by atoms with van der Waals surface area (Å²) in [5.74, 6) is 0.241. The van der Waals surface area contributed by atoms with Gasteiger partial charge in [0.15, 0.2) is 0 Å². The molecule has 0 bridgehead atoms. The third-order valence-electron chi connectivity index (χ3n) is 3.70. The Bertz CT molecular complexity index is 750. The minimum Gasteiger partial charge on any atom is -0.378 e. The van der Waals surface area contributed by atoms with E-state index in [4.69, 9.17) is 4.74 Å². The molecule has 0 unspecified atom stereocenters. The highest BCUT2D eigenvalue weighted by Gasteiger charge is 2.15. The summed E-state index contributed by atoms with van der Waals surface area (Å²) in [7, 11) is 0. The molecule has 0 aliphatic carbocycles. The molecule has 25 heavy (non-hydrogen) atoms. The fraction of sp³-hybridized carbons (Fsp3) is 0.353. The Morgan fingerprint density at radius 1 is 1.28 bits per heavy atom. The van der Waals surface area contributed by atoms with Gasteiger partial charge in [-0.05, 0) is 31.2 Å². The van der Waals surface area contributed by atoms with Crippen LogP contribution in [0, 0.1) is 12.7 Å². The SMILES string of the molecule is Cc1cc(CNC(=O)Nc2cccc(F)c2)nc(N2CCOCC2)n1. The maximum Gasteiger partial charge on any atom is 0.319 e. The Morgan fingerprint density at radius 2 is 2.08 bits per heavy atom. The normalized spacial score (nSPS) is 14.2. The predicted molar refractivity (Wildman–Crippen MR) is 92.1 cm³/mol. The first-order chi connectivity index (χ1) is 12.1. The van der Waals surface area contributed by atoms with Crippen molar-refractivity contribution in [2.24, 2.45) is 0 Å². The van der Waals surface area contributed by atoms with Gasteiger partial charge >= 0.3 is 6.03 Å². The Morgan fingerprint density at radius 3 is 2.84 bits per heavy atom. The quantitative estimate of drug-likeness (QED) is 0.887. The van der Waals surface area contributed by atoms with Gasteiger partial charge in [0.05, 0.1) is 25.5 Å². The number of ether oxygens (including phenoxy) is 1. The summed E-state index contributed by atoms with van der Waals surface area (Å²) in [4.78, 5) is 23.0. The van der Waals surface area contributed by atoms with E-state index in [1.165, 1.54) is 18.2 Å². The number of aryl methyl sites for hydroxylation is 1. The number of halogens is 1. The van der Waals surface area contributed by atoms with Crippen molar-refractivity contribution < 1.29 is 13.9 Å². The number of urea groups is 1. The van der Waals surface area contributed by atoms with Gasteiger partial charge in [0.2, 0.25) is 5.95 Å². The van der Waals surface area contributed by atoms with Gasteiger partial charge in [-0.15, -0.1) is 0 Å². The van der Waals surface area contributed by atoms with Crippen LogP contribution in [0.5, 0.6) is 0 Å². The molecule has 0 spiro atoms. The number of nitrogens with zero attached hydrogens (tertiary/aromatic N) is 3. The Hall–Kier alpha value is -2.74. The van der Waals surface area contributed by atoms with Crippen molar-refractivity contribution in [3.8, 4) is 0 Å². The fourth-order valence-corrected chi connectivity index (χ4v) is 2.52. The van der Waals surface area contributed by atoms with Crippen LogP contribution in [0.4, 0.5) is 20.8 Å². The second-order valence-corrected chi connectivity index (χ2v) is 5.72. The molecule has 1 fully saturated rings. The molecule has 1 aromatic carbocycles. The van der Waals surface area contributed by atoms with E-state index >= 15 is 0 Å². The molecule has 0 radical (unpaired) electrons. The van der Waals surface area contributed by atoms with Gasteiger partial charge in [-0.3, -0.25) is 0 Å². The lowest BCUT2D eigenvalue weighted by Crippen LogP contribution is -2.37. The van der Waals surface area contributed by atoms with Crippen molar-refractivity contribution >= 4 is 17.7 Å². The summed E-state index contributed by atoms with van der Waals surface area (Å²) in [5, 5.41) is 5.30. The second kappa shape index (κ2) is 7.89. The van der Waals surface area contributed by atoms with E-state index in [1.54, 1.807) is 6.07 Å². The summed E-state index contributed by atoms with van der Waals surface area (Å²) in [6.07, 6.45) is 0. The lowest BCUT2D eigenvalue weighted by atomic mass is 10.3. The first-order valence-electron chi connectivity index (χ1n) is 8.08. The number of hydrogen-bond acceptors (Lipinski definition) is 5. The molecule has 2 aromatic rings. The summed E-state index contributed by atoms with van der Waals surface area (Å²) >= 11 is 0. The molecule has 2 heterocycles. The van der Waals surface area contributed by atoms with Gasteiger partial charge in [0, 0.05) is 24.5 Å². The molecule has 1 aliphatic heterocycles. The van der Waals surface area contributed by atoms with Gasteiger partial charge < -0.3 is 20.3 Å². The summed E-state index contributed by atoms with van der Waals surface area (Å²) in [6.45, 7) is 4.94. The highest BCUT2D eigenvalue weighted by Crippen LogP contribution is 2.12. The van der Waals surface area contributed by atoms with Gasteiger partial charge in [-0.1, -0.05) is 6.07 Å². The van der Waals surface area contributed by atoms with Crippen LogP contribution in [0.15, 0.2) is 30.3 Å². The average Bonchev–Trinajstić information content (AvgIpc) is 2.60. The molecule has 7 nitrogen and oxygen atoms in total. The van der Waals surface area contributed by atoms with Crippen LogP contribution < -0.4 is 15.5 Å². The standard InChI is InChI=1S/C17H20FN5O2/c1-12-9-15(21-16(20-12)23-5-7-25-8-6-23)11-19-17(24)22-14-4-2-3-13(18)10-14/h2-4,9-10H,5-8,11H2,1H3,(H2,19,22,24). The third kappa shape index (κ3) is 4.87. The van der Waals surface area contributed by atoms with Crippen molar-refractivity contribution in [3.05, 3.63) is 47.5 Å². The molecule has 0 atom stereocenters. The molecule has 132 valence electrons. The first-order valence-corrected chi connectivity index (χ1v) is 8.08. The maximum atomic E-state index is 13.1. The van der Waals surface area contributed by atoms with Gasteiger partial charge in [0.1, 0.15) is 5.82 Å². The van der Waals surface area contributed by atoms with E-state index < -0.39 is 11.8 Å². The molecular weight excluding hydrogens is 325 g/mol. The van der Waals surface area contributed by atoms with E-state index in [-0.39, 0.29) is 6.54 Å². The number of rotatable bonds is 4. The van der Waals surface area contributed by atoms with E-state index in [0.29, 0.717) is 30.5 Å². The van der Waals surface area contributed by atoms with Crippen LogP contribution in [0.2, 0.25) is 0 Å². The number of amides is 2. The zero-order chi connectivity index (χ0) is 17.6. The number of hydrogen-bond donors (Lipinski definition) is 2. The molecule has 3 rings (SSSR count). The van der Waals surface area contributed by atoms with Crippen molar-refractivity contribution in [3.63, 3.8) is 0 Å². The summed E-state index contributed by atoms with van der Waals surface area (Å²) in [6, 6.07) is 7.13. The summed E-state index contributed by atoms with van der Waals surface area (Å²) in [5.41, 5.74) is 1.94. The van der Waals surface area contributed by atoms with E-state index in [1.807, 2.05) is 13.0 Å². The molecule has 1 aromatic heterocycles. The van der Waals surface area contributed by atoms with E-state index in [0.717, 1.165) is 18.8 Å². The zero-order valence-corrected chi connectivity index (χ0v) is 14.0. The van der Waals surface area contributed by atoms with Crippen LogP contribution in [-0.4, -0.2) is 42.3 Å². The molecular formula is C17H20FN5O2. The van der Waals surface area contributed by atoms with Gasteiger partial charge in [-0.2, -0.15) is 0 Å². The number of carbonyl (C=O) groups excluding carboxylic acids is 1. The smallest absolute Gasteiger partial charge is 0.319 e. The number of nitrogens with one attached hydrogen (secondary N) is 2. The van der Waals surface area contributed by atoms with Crippen molar-refractivity contribution in [2.45, 2.75) is 13.5 Å². The van der Waals surface area contributed by atoms with Crippen LogP contribution in [0.1, 0.15) is 11.4 Å². The molecule has 1 saturated heterocycles. The first kappa shape index (κ1) is 17.1. The Balaban J connectivity index is 1.60. The number of benzene rings is 1. The minimum absolute atomic E-state index is 0.252. The van der Waals surface area contributed by atoms with Crippen LogP contribution in [0.3, 0.4) is 0 Å². The highest BCUT2D eigenvalue weighted by molar-refractivity contribution is 5.89. The van der Waals surface area contributed by atoms with Crippen molar-refractivity contribution in [1.29, 1.82) is 0 Å². The van der Waals surface area contributed by atoms with Crippen molar-refractivity contribution in [1.82, 2.24) is 15.3 Å². The van der Waals surface area contributed by atoms with E-state index in [9.17, 15) is 9.18 Å². The average molecular weight is 345 g/mol. The van der Waals surface area contributed by atoms with Crippen LogP contribution >= 0.6 is 0 Å². The highest BCUT2D eigenvalue weighted by atomic mass is 19.1. The fourth-order valence-electron chi connectivity index (χ4n) is 2.52. The van der Waals surface area contributed by atoms with Gasteiger partial charge in [-0.25, -0.2) is 19.2 Å². The number of carbonyl (C=O) groups is 1. The molecule has 1 aliphatic rings. The molecule has 2 N–H and O–H groups in total. The van der Waals surface area contributed by atoms with Crippen LogP contribution in [0.25, 0.3) is 0 Å². The van der Waals surface area contributed by atoms with Crippen LogP contribution in [-0.2, 0) is 11.3 Å². The third-order valence-corrected chi connectivity index (χ3v) is 3.70. The predicted octanol–water partition coefficient (Wildman–Crippen LogP) is 2.08. The second-order valence-electron chi connectivity index (χ2n) is 5.72. The van der Waals surface area contributed by atoms with Gasteiger partial charge in [0.25, 0.3) is 0 Å². The maximum absolute atomic E-state index is 13.1. The zero-order valence-electron chi connectivity index (χ0n) is 14.0. The number of aromatic nitrogens is 2. The van der Waals surface area contributed by atoms with E-state index in [2.05, 4.69) is 25.5 Å². The number of morpholine rings is 1. The topological polar surface area (TPSA) is 79.4 Å². The number of anilines is 2. The minimum atomic E-state index is -0.421. The lowest BCUT2D eigenvalue weighted by molar-refractivity contribution is 0.122. The lowest BCUT2D eigenvalue weighted by Gasteiger charge is -2.27. The molecule has 8 heteroatoms. The summed E-state index contributed by atoms with van der Waals surface area (Å²) < 4.78 is 18.5. The Kier molecular flexibility index (Phi) is 5.39.